The van der Waals surface area contributed by atoms with Crippen LogP contribution in [0.25, 0.3) is 10.8 Å². The third-order valence-electron chi connectivity index (χ3n) is 6.68. The highest BCUT2D eigenvalue weighted by Gasteiger charge is 2.47. The number of carbonyl (C=O) groups excluding carboxylic acids is 2. The number of benzene rings is 3. The minimum atomic E-state index is -0.449. The van der Waals surface area contributed by atoms with Crippen LogP contribution in [-0.4, -0.2) is 46.9 Å². The summed E-state index contributed by atoms with van der Waals surface area (Å²) < 4.78 is 0. The first-order chi connectivity index (χ1) is 15.6. The van der Waals surface area contributed by atoms with Crippen LogP contribution in [0.4, 0.5) is 0 Å². The first-order valence-corrected chi connectivity index (χ1v) is 10.9. The standard InChI is InChI=1S/C26H24N4O2/c27-16-19-5-3-6-20(15-19)18-30-24(31)17-28-26(30)11-13-29(14-12-26)25(32)23-10-4-8-21-7-1-2-9-22(21)23/h1-10,15,28H,11-14,17-18H2. The van der Waals surface area contributed by atoms with Gasteiger partial charge in [0.15, 0.2) is 0 Å². The number of amides is 2. The van der Waals surface area contributed by atoms with Gasteiger partial charge >= 0.3 is 0 Å². The van der Waals surface area contributed by atoms with Crippen LogP contribution in [0.5, 0.6) is 0 Å². The first-order valence-electron chi connectivity index (χ1n) is 10.9. The third kappa shape index (κ3) is 3.51. The molecule has 3 aromatic rings. The molecule has 5 rings (SSSR count). The molecule has 2 aliphatic rings. The molecular formula is C26H24N4O2. The molecule has 3 aromatic carbocycles. The zero-order valence-corrected chi connectivity index (χ0v) is 17.8. The molecular weight excluding hydrogens is 400 g/mol. The topological polar surface area (TPSA) is 76.4 Å². The van der Waals surface area contributed by atoms with Crippen molar-refractivity contribution in [3.8, 4) is 6.07 Å². The third-order valence-corrected chi connectivity index (χ3v) is 6.68. The maximum atomic E-state index is 13.3. The molecule has 0 aromatic heterocycles. The lowest BCUT2D eigenvalue weighted by atomic mass is 9.94. The predicted octanol–water partition coefficient (Wildman–Crippen LogP) is 3.28. The van der Waals surface area contributed by atoms with Crippen molar-refractivity contribution in [2.75, 3.05) is 19.6 Å². The molecule has 0 unspecified atom stereocenters. The van der Waals surface area contributed by atoms with E-state index in [1.165, 1.54) is 0 Å². The summed E-state index contributed by atoms with van der Waals surface area (Å²) in [6.07, 6.45) is 1.35. The van der Waals surface area contributed by atoms with Crippen LogP contribution in [0.1, 0.15) is 34.3 Å². The van der Waals surface area contributed by atoms with Crippen molar-refractivity contribution in [3.63, 3.8) is 0 Å². The summed E-state index contributed by atoms with van der Waals surface area (Å²) in [6.45, 7) is 1.92. The number of nitrogens with one attached hydrogen (secondary N) is 1. The largest absolute Gasteiger partial charge is 0.338 e. The van der Waals surface area contributed by atoms with E-state index in [4.69, 9.17) is 0 Å². The quantitative estimate of drug-likeness (QED) is 0.700. The van der Waals surface area contributed by atoms with Crippen molar-refractivity contribution in [2.45, 2.75) is 25.0 Å². The van der Waals surface area contributed by atoms with E-state index in [2.05, 4.69) is 11.4 Å². The summed E-state index contributed by atoms with van der Waals surface area (Å²) in [5.41, 5.74) is 1.80. The van der Waals surface area contributed by atoms with Crippen molar-refractivity contribution in [1.29, 1.82) is 5.26 Å². The van der Waals surface area contributed by atoms with Gasteiger partial charge in [0.25, 0.3) is 5.91 Å². The van der Waals surface area contributed by atoms with E-state index in [9.17, 15) is 14.9 Å². The normalized spacial score (nSPS) is 17.7. The van der Waals surface area contributed by atoms with Crippen molar-refractivity contribution in [1.82, 2.24) is 15.1 Å². The van der Waals surface area contributed by atoms with E-state index < -0.39 is 5.66 Å². The second-order valence-electron chi connectivity index (χ2n) is 8.50. The predicted molar refractivity (Wildman–Crippen MR) is 122 cm³/mol. The number of piperidine rings is 1. The molecule has 6 nitrogen and oxygen atoms in total. The molecule has 32 heavy (non-hydrogen) atoms. The Balaban J connectivity index is 1.34. The fraction of sp³-hybridized carbons (Fsp3) is 0.269. The number of fused-ring (bicyclic) bond motifs is 1. The van der Waals surface area contributed by atoms with E-state index in [0.29, 0.717) is 44.6 Å². The van der Waals surface area contributed by atoms with Gasteiger partial charge < -0.3 is 9.80 Å². The molecule has 6 heteroatoms. The van der Waals surface area contributed by atoms with Crippen LogP contribution in [0.3, 0.4) is 0 Å². The van der Waals surface area contributed by atoms with Gasteiger partial charge in [-0.15, -0.1) is 0 Å². The van der Waals surface area contributed by atoms with Gasteiger partial charge in [0, 0.05) is 38.0 Å². The maximum Gasteiger partial charge on any atom is 0.254 e. The molecule has 0 aliphatic carbocycles. The Labute approximate surface area is 187 Å². The van der Waals surface area contributed by atoms with Crippen LogP contribution in [0, 0.1) is 11.3 Å². The lowest BCUT2D eigenvalue weighted by Crippen LogP contribution is -2.59. The van der Waals surface area contributed by atoms with Gasteiger partial charge in [0.2, 0.25) is 5.91 Å². The molecule has 1 spiro atoms. The second-order valence-corrected chi connectivity index (χ2v) is 8.50. The fourth-order valence-corrected chi connectivity index (χ4v) is 4.94. The van der Waals surface area contributed by atoms with Gasteiger partial charge in [-0.05, 0) is 34.5 Å². The van der Waals surface area contributed by atoms with Gasteiger partial charge in [-0.25, -0.2) is 0 Å². The SMILES string of the molecule is N#Cc1cccc(CN2C(=O)CNC23CCN(C(=O)c2cccc4ccccc24)CC3)c1. The van der Waals surface area contributed by atoms with Gasteiger partial charge in [-0.2, -0.15) is 5.26 Å². The van der Waals surface area contributed by atoms with Gasteiger partial charge in [0.05, 0.1) is 23.8 Å². The minimum Gasteiger partial charge on any atom is -0.338 e. The molecule has 2 saturated heterocycles. The molecule has 0 atom stereocenters. The Bertz CT molecular complexity index is 1230. The Hall–Kier alpha value is -3.69. The van der Waals surface area contributed by atoms with Gasteiger partial charge in [-0.3, -0.25) is 14.9 Å². The summed E-state index contributed by atoms with van der Waals surface area (Å²) in [6, 6.07) is 23.3. The van der Waals surface area contributed by atoms with Crippen molar-refractivity contribution in [3.05, 3.63) is 83.4 Å². The Kier molecular flexibility index (Phi) is 5.12. The van der Waals surface area contributed by atoms with Crippen molar-refractivity contribution < 1.29 is 9.59 Å². The molecule has 2 fully saturated rings. The number of hydrogen-bond acceptors (Lipinski definition) is 4. The molecule has 160 valence electrons. The highest BCUT2D eigenvalue weighted by molar-refractivity contribution is 6.07. The van der Waals surface area contributed by atoms with Crippen LogP contribution in [0.15, 0.2) is 66.7 Å². The summed E-state index contributed by atoms with van der Waals surface area (Å²) >= 11 is 0. The van der Waals surface area contributed by atoms with E-state index in [-0.39, 0.29) is 11.8 Å². The van der Waals surface area contributed by atoms with Crippen molar-refractivity contribution in [2.24, 2.45) is 0 Å². The van der Waals surface area contributed by atoms with Crippen LogP contribution >= 0.6 is 0 Å². The molecule has 2 amide bonds. The molecule has 2 aliphatic heterocycles. The Morgan fingerprint density at radius 3 is 2.59 bits per heavy atom. The zero-order chi connectivity index (χ0) is 22.1. The summed E-state index contributed by atoms with van der Waals surface area (Å²) in [4.78, 5) is 29.8. The monoisotopic (exact) mass is 424 g/mol. The first kappa shape index (κ1) is 20.2. The minimum absolute atomic E-state index is 0.0363. The Morgan fingerprint density at radius 2 is 1.78 bits per heavy atom. The maximum absolute atomic E-state index is 13.3. The van der Waals surface area contributed by atoms with Crippen LogP contribution in [-0.2, 0) is 11.3 Å². The number of nitrogens with zero attached hydrogens (tertiary/aromatic N) is 3. The van der Waals surface area contributed by atoms with Crippen LogP contribution in [0.2, 0.25) is 0 Å². The van der Waals surface area contributed by atoms with E-state index in [1.54, 1.807) is 6.07 Å². The smallest absolute Gasteiger partial charge is 0.254 e. The molecule has 0 saturated carbocycles. The molecule has 1 N–H and O–H groups in total. The number of hydrogen-bond donors (Lipinski definition) is 1. The van der Waals surface area contributed by atoms with E-state index in [0.717, 1.165) is 21.9 Å². The van der Waals surface area contributed by atoms with E-state index >= 15 is 0 Å². The number of nitriles is 1. The molecule has 2 heterocycles. The number of carbonyl (C=O) groups is 2. The zero-order valence-electron chi connectivity index (χ0n) is 17.8. The summed E-state index contributed by atoms with van der Waals surface area (Å²) in [5, 5.41) is 14.6. The molecule has 0 radical (unpaired) electrons. The van der Waals surface area contributed by atoms with Gasteiger partial charge in [0.1, 0.15) is 0 Å². The fourth-order valence-electron chi connectivity index (χ4n) is 4.94. The van der Waals surface area contributed by atoms with Crippen LogP contribution < -0.4 is 5.32 Å². The lowest BCUT2D eigenvalue weighted by Gasteiger charge is -2.44. The summed E-state index contributed by atoms with van der Waals surface area (Å²) in [5.74, 6) is 0.0930. The lowest BCUT2D eigenvalue weighted by molar-refractivity contribution is -0.132. The summed E-state index contributed by atoms with van der Waals surface area (Å²) in [7, 11) is 0. The second kappa shape index (κ2) is 8.10. The average molecular weight is 425 g/mol. The van der Waals surface area contributed by atoms with E-state index in [1.807, 2.05) is 70.5 Å². The Morgan fingerprint density at radius 1 is 1.03 bits per heavy atom. The van der Waals surface area contributed by atoms with Crippen molar-refractivity contribution >= 4 is 22.6 Å². The highest BCUT2D eigenvalue weighted by Crippen LogP contribution is 2.33. The number of likely N-dealkylation sites (tertiary alicyclic amines) is 1. The average Bonchev–Trinajstić information content (AvgIpc) is 3.13. The van der Waals surface area contributed by atoms with Gasteiger partial charge in [-0.1, -0.05) is 48.5 Å². The molecule has 0 bridgehead atoms. The number of rotatable bonds is 3. The highest BCUT2D eigenvalue weighted by atomic mass is 16.2.